The van der Waals surface area contributed by atoms with Crippen molar-refractivity contribution in [3.05, 3.63) is 0 Å². The SMILES string of the molecule is O=S1NS(=O)OC(F)(F)CO1. The van der Waals surface area contributed by atoms with Gasteiger partial charge in [0.05, 0.1) is 0 Å². The highest BCUT2D eigenvalue weighted by atomic mass is 32.3. The Bertz CT molecular complexity index is 208. The van der Waals surface area contributed by atoms with E-state index in [1.807, 2.05) is 0 Å². The second-order valence-corrected chi connectivity index (χ2v) is 3.54. The maximum atomic E-state index is 12.2. The number of hydrogen-bond donors (Lipinski definition) is 1. The molecule has 0 amide bonds. The van der Waals surface area contributed by atoms with Gasteiger partial charge >= 0.3 is 6.11 Å². The Kier molecular flexibility index (Phi) is 2.65. The third-order valence-corrected chi connectivity index (χ3v) is 2.48. The summed E-state index contributed by atoms with van der Waals surface area (Å²) in [6.07, 6.45) is -3.66. The van der Waals surface area contributed by atoms with Gasteiger partial charge in [0.2, 0.25) is 11.3 Å². The Morgan fingerprint density at radius 1 is 1.36 bits per heavy atom. The van der Waals surface area contributed by atoms with E-state index >= 15 is 0 Å². The number of nitrogens with one attached hydrogen (secondary N) is 1. The maximum Gasteiger partial charge on any atom is 0.393 e. The predicted octanol–water partition coefficient (Wildman–Crippen LogP) is -0.627. The van der Waals surface area contributed by atoms with Gasteiger partial charge in [0.25, 0.3) is 11.3 Å². The number of halogens is 2. The van der Waals surface area contributed by atoms with Gasteiger partial charge in [0.15, 0.2) is 6.61 Å². The van der Waals surface area contributed by atoms with Crippen molar-refractivity contribution < 1.29 is 25.6 Å². The lowest BCUT2D eigenvalue weighted by molar-refractivity contribution is -0.185. The molecule has 11 heavy (non-hydrogen) atoms. The monoisotopic (exact) mass is 207 g/mol. The second-order valence-electron chi connectivity index (χ2n) is 1.54. The summed E-state index contributed by atoms with van der Waals surface area (Å²) >= 11 is -4.67. The zero-order chi connectivity index (χ0) is 8.48. The van der Waals surface area contributed by atoms with Crippen LogP contribution in [0.5, 0.6) is 0 Å². The lowest BCUT2D eigenvalue weighted by atomic mass is 10.7. The minimum absolute atomic E-state index is 1.18. The molecule has 1 fully saturated rings. The van der Waals surface area contributed by atoms with Gasteiger partial charge in [-0.15, -0.1) is 4.13 Å². The van der Waals surface area contributed by atoms with Crippen LogP contribution in [0.1, 0.15) is 0 Å². The van der Waals surface area contributed by atoms with E-state index in [2.05, 4.69) is 8.37 Å². The van der Waals surface area contributed by atoms with Crippen molar-refractivity contribution in [1.29, 1.82) is 0 Å². The fourth-order valence-corrected chi connectivity index (χ4v) is 1.64. The van der Waals surface area contributed by atoms with E-state index in [4.69, 9.17) is 0 Å². The molecule has 1 aliphatic heterocycles. The number of hydrogen-bond acceptors (Lipinski definition) is 4. The fraction of sp³-hybridized carbons (Fsp3) is 1.00. The summed E-state index contributed by atoms with van der Waals surface area (Å²) in [5.74, 6) is 0. The molecule has 5 nitrogen and oxygen atoms in total. The summed E-state index contributed by atoms with van der Waals surface area (Å²) in [6, 6.07) is 0. The molecular weight excluding hydrogens is 204 g/mol. The topological polar surface area (TPSA) is 64.6 Å². The molecule has 9 heteroatoms. The summed E-state index contributed by atoms with van der Waals surface area (Å²) in [5.41, 5.74) is 0. The number of alkyl halides is 2. The molecule has 0 aromatic rings. The van der Waals surface area contributed by atoms with E-state index in [0.29, 0.717) is 0 Å². The van der Waals surface area contributed by atoms with Crippen molar-refractivity contribution in [3.8, 4) is 0 Å². The van der Waals surface area contributed by atoms with Gasteiger partial charge in [-0.2, -0.15) is 8.78 Å². The third-order valence-electron chi connectivity index (χ3n) is 0.668. The molecule has 1 heterocycles. The second kappa shape index (κ2) is 3.19. The Morgan fingerprint density at radius 2 is 2.00 bits per heavy atom. The lowest BCUT2D eigenvalue weighted by Crippen LogP contribution is -2.26. The molecule has 0 radical (unpaired) electrons. The minimum atomic E-state index is -3.66. The Morgan fingerprint density at radius 3 is 2.64 bits per heavy atom. The Balaban J connectivity index is 2.68. The Hall–Kier alpha value is 0.0400. The number of rotatable bonds is 0. The first-order valence-electron chi connectivity index (χ1n) is 2.30. The van der Waals surface area contributed by atoms with Gasteiger partial charge in [-0.25, -0.2) is 12.6 Å². The van der Waals surface area contributed by atoms with Crippen LogP contribution in [0.4, 0.5) is 8.78 Å². The smallest absolute Gasteiger partial charge is 0.268 e. The Labute approximate surface area is 65.6 Å². The lowest BCUT2D eigenvalue weighted by Gasteiger charge is -2.07. The summed E-state index contributed by atoms with van der Waals surface area (Å²) in [4.78, 5) is 0. The molecule has 0 aliphatic carbocycles. The molecule has 0 bridgehead atoms. The largest absolute Gasteiger partial charge is 0.393 e. The van der Waals surface area contributed by atoms with Gasteiger partial charge in [-0.05, 0) is 0 Å². The molecule has 2 atom stereocenters. The quantitative estimate of drug-likeness (QED) is 0.574. The third kappa shape index (κ3) is 2.87. The van der Waals surface area contributed by atoms with Crippen molar-refractivity contribution in [1.82, 2.24) is 4.13 Å². The first-order valence-corrected chi connectivity index (χ1v) is 4.45. The van der Waals surface area contributed by atoms with E-state index in [0.717, 1.165) is 0 Å². The maximum absolute atomic E-state index is 12.2. The molecule has 0 spiro atoms. The average Bonchev–Trinajstić information content (AvgIpc) is 1.90. The van der Waals surface area contributed by atoms with Gasteiger partial charge in [-0.1, -0.05) is 0 Å². The van der Waals surface area contributed by atoms with Crippen LogP contribution in [0.3, 0.4) is 0 Å². The molecule has 2 unspecified atom stereocenters. The van der Waals surface area contributed by atoms with Crippen LogP contribution in [0, 0.1) is 0 Å². The molecule has 0 saturated carbocycles. The standard InChI is InChI=1S/C2H3F2NO4S2/c3-2(4)1-8-10(6)5-11(7)9-2/h5H,1H2. The van der Waals surface area contributed by atoms with Crippen LogP contribution in [0.2, 0.25) is 0 Å². The van der Waals surface area contributed by atoms with Gasteiger partial charge in [0, 0.05) is 0 Å². The van der Waals surface area contributed by atoms with Crippen LogP contribution < -0.4 is 4.13 Å². The zero-order valence-electron chi connectivity index (χ0n) is 4.91. The van der Waals surface area contributed by atoms with Crippen molar-refractivity contribution in [2.75, 3.05) is 6.61 Å². The van der Waals surface area contributed by atoms with Crippen molar-refractivity contribution in [2.45, 2.75) is 6.11 Å². The summed E-state index contributed by atoms with van der Waals surface area (Å²) in [7, 11) is 0. The highest BCUT2D eigenvalue weighted by Gasteiger charge is 2.38. The molecule has 0 aromatic carbocycles. The van der Waals surface area contributed by atoms with E-state index in [-0.39, 0.29) is 0 Å². The van der Waals surface area contributed by atoms with Gasteiger partial charge in [0.1, 0.15) is 0 Å². The summed E-state index contributed by atoms with van der Waals surface area (Å²) < 4.78 is 54.2. The molecule has 1 saturated heterocycles. The zero-order valence-corrected chi connectivity index (χ0v) is 6.55. The van der Waals surface area contributed by atoms with E-state index in [1.165, 1.54) is 0 Å². The van der Waals surface area contributed by atoms with Crippen LogP contribution >= 0.6 is 0 Å². The van der Waals surface area contributed by atoms with Crippen molar-refractivity contribution >= 4 is 22.5 Å². The van der Waals surface area contributed by atoms with Crippen molar-refractivity contribution in [2.24, 2.45) is 0 Å². The van der Waals surface area contributed by atoms with E-state index < -0.39 is 35.2 Å². The highest BCUT2D eigenvalue weighted by molar-refractivity contribution is 7.94. The molecule has 1 aliphatic rings. The molecule has 1 rings (SSSR count). The molecule has 0 aromatic heterocycles. The average molecular weight is 207 g/mol. The van der Waals surface area contributed by atoms with Crippen LogP contribution in [0.25, 0.3) is 0 Å². The minimum Gasteiger partial charge on any atom is -0.268 e. The summed E-state index contributed by atoms with van der Waals surface area (Å²) in [5, 5.41) is 0. The first kappa shape index (κ1) is 9.13. The molecular formula is C2H3F2NO4S2. The van der Waals surface area contributed by atoms with E-state index in [9.17, 15) is 17.2 Å². The van der Waals surface area contributed by atoms with Crippen LogP contribution in [0.15, 0.2) is 0 Å². The first-order chi connectivity index (χ1) is 4.99. The molecule has 1 N–H and O–H groups in total. The van der Waals surface area contributed by atoms with Gasteiger partial charge < -0.3 is 0 Å². The fourth-order valence-electron chi connectivity index (χ4n) is 0.354. The van der Waals surface area contributed by atoms with Crippen LogP contribution in [-0.4, -0.2) is 21.1 Å². The van der Waals surface area contributed by atoms with Crippen molar-refractivity contribution in [3.63, 3.8) is 0 Å². The molecule has 66 valence electrons. The van der Waals surface area contributed by atoms with Gasteiger partial charge in [-0.3, -0.25) is 4.18 Å². The normalized spacial score (nSPS) is 38.0. The highest BCUT2D eigenvalue weighted by Crippen LogP contribution is 2.19. The predicted molar refractivity (Wildman–Crippen MR) is 31.4 cm³/mol. The van der Waals surface area contributed by atoms with Crippen LogP contribution in [-0.2, 0) is 30.9 Å². The van der Waals surface area contributed by atoms with E-state index in [1.54, 1.807) is 4.13 Å². The summed E-state index contributed by atoms with van der Waals surface area (Å²) in [6.45, 7) is -1.18.